The summed E-state index contributed by atoms with van der Waals surface area (Å²) in [5, 5.41) is 5.36. The van der Waals surface area contributed by atoms with Gasteiger partial charge in [-0.3, -0.25) is 4.79 Å². The molecule has 1 atom stereocenters. The van der Waals surface area contributed by atoms with Crippen LogP contribution in [0.1, 0.15) is 36.8 Å². The average molecular weight is 276 g/mol. The molecule has 102 valence electrons. The molecule has 19 heavy (non-hydrogen) atoms. The Kier molecular flexibility index (Phi) is 3.46. The minimum atomic E-state index is 0.236. The Morgan fingerprint density at radius 3 is 2.95 bits per heavy atom. The Morgan fingerprint density at radius 2 is 2.32 bits per heavy atom. The maximum Gasteiger partial charge on any atom is 0.250 e. The number of carbonyl (C=O) groups is 1. The van der Waals surface area contributed by atoms with Crippen LogP contribution in [-0.4, -0.2) is 30.4 Å². The fourth-order valence-corrected chi connectivity index (χ4v) is 3.89. The van der Waals surface area contributed by atoms with Gasteiger partial charge in [0, 0.05) is 30.1 Å². The highest BCUT2D eigenvalue weighted by Gasteiger charge is 2.31. The lowest BCUT2D eigenvalue weighted by Gasteiger charge is -2.36. The van der Waals surface area contributed by atoms with E-state index in [0.717, 1.165) is 38.0 Å². The number of rotatable bonds is 2. The van der Waals surface area contributed by atoms with Crippen molar-refractivity contribution < 1.29 is 4.79 Å². The predicted octanol–water partition coefficient (Wildman–Crippen LogP) is 2.50. The summed E-state index contributed by atoms with van der Waals surface area (Å²) in [6.45, 7) is 6.78. The number of hydrogen-bond acceptors (Lipinski definition) is 3. The molecule has 0 spiro atoms. The van der Waals surface area contributed by atoms with Crippen LogP contribution in [0.2, 0.25) is 0 Å². The third-order valence-corrected chi connectivity index (χ3v) is 5.27. The molecule has 0 saturated carbocycles. The van der Waals surface area contributed by atoms with E-state index in [-0.39, 0.29) is 11.9 Å². The average Bonchev–Trinajstić information content (AvgIpc) is 2.82. The van der Waals surface area contributed by atoms with E-state index in [1.54, 1.807) is 0 Å². The van der Waals surface area contributed by atoms with Crippen molar-refractivity contribution in [3.8, 4) is 0 Å². The van der Waals surface area contributed by atoms with Gasteiger partial charge in [0.2, 0.25) is 5.91 Å². The molecule has 3 rings (SSSR count). The second kappa shape index (κ2) is 5.10. The normalized spacial score (nSPS) is 21.9. The number of carbonyl (C=O) groups excluding carboxylic acids is 1. The molecule has 0 radical (unpaired) electrons. The molecule has 0 aromatic carbocycles. The van der Waals surface area contributed by atoms with Crippen molar-refractivity contribution in [2.75, 3.05) is 19.6 Å². The summed E-state index contributed by atoms with van der Waals surface area (Å²) in [6, 6.07) is 2.46. The van der Waals surface area contributed by atoms with Crippen LogP contribution < -0.4 is 5.32 Å². The number of nitrogens with zero attached hydrogens (tertiary/aromatic N) is 1. The Morgan fingerprint density at radius 1 is 1.53 bits per heavy atom. The van der Waals surface area contributed by atoms with Crippen LogP contribution in [0.5, 0.6) is 0 Å². The second-order valence-corrected chi connectivity index (χ2v) is 6.30. The molecule has 1 N–H and O–H groups in total. The first-order chi connectivity index (χ1) is 9.22. The molecule has 1 unspecified atom stereocenters. The lowest BCUT2D eigenvalue weighted by atomic mass is 9.95. The van der Waals surface area contributed by atoms with Crippen molar-refractivity contribution in [2.24, 2.45) is 0 Å². The fraction of sp³-hybridized carbons (Fsp3) is 0.533. The second-order valence-electron chi connectivity index (χ2n) is 5.30. The third-order valence-electron chi connectivity index (χ3n) is 4.27. The first-order valence-corrected chi connectivity index (χ1v) is 7.87. The molecule has 1 aromatic rings. The molecule has 1 aromatic heterocycles. The molecule has 1 fully saturated rings. The van der Waals surface area contributed by atoms with Gasteiger partial charge in [0.25, 0.3) is 0 Å². The molecule has 2 aliphatic heterocycles. The number of hydrogen-bond donors (Lipinski definition) is 1. The smallest absolute Gasteiger partial charge is 0.250 e. The van der Waals surface area contributed by atoms with Crippen LogP contribution in [-0.2, 0) is 11.2 Å². The van der Waals surface area contributed by atoms with Gasteiger partial charge in [0.1, 0.15) is 0 Å². The summed E-state index contributed by atoms with van der Waals surface area (Å²) >= 11 is 1.83. The van der Waals surface area contributed by atoms with Crippen LogP contribution in [0.3, 0.4) is 0 Å². The highest BCUT2D eigenvalue weighted by Crippen LogP contribution is 2.36. The van der Waals surface area contributed by atoms with E-state index in [4.69, 9.17) is 0 Å². The highest BCUT2D eigenvalue weighted by atomic mass is 32.1. The number of amides is 1. The minimum Gasteiger partial charge on any atom is -0.332 e. The van der Waals surface area contributed by atoms with Gasteiger partial charge in [0.05, 0.1) is 6.04 Å². The summed E-state index contributed by atoms with van der Waals surface area (Å²) in [6.07, 6.45) is 2.01. The topological polar surface area (TPSA) is 32.3 Å². The standard InChI is InChI=1S/C15H20N2OS/c1-3-13-12-5-7-19-14(12)4-6-17(13)15(18)10(2)11-8-16-9-11/h5,7,13,16H,3-4,6,8-9H2,1-2H3. The Hall–Kier alpha value is -1.13. The van der Waals surface area contributed by atoms with Gasteiger partial charge < -0.3 is 10.2 Å². The van der Waals surface area contributed by atoms with Crippen LogP contribution in [0, 0.1) is 0 Å². The molecule has 3 nitrogen and oxygen atoms in total. The summed E-state index contributed by atoms with van der Waals surface area (Å²) < 4.78 is 0. The lowest BCUT2D eigenvalue weighted by Crippen LogP contribution is -2.42. The molecule has 1 amide bonds. The van der Waals surface area contributed by atoms with E-state index in [9.17, 15) is 4.79 Å². The van der Waals surface area contributed by atoms with Gasteiger partial charge >= 0.3 is 0 Å². The van der Waals surface area contributed by atoms with E-state index < -0.39 is 0 Å². The SMILES string of the molecule is CCC1c2ccsc2CCN1C(=O)C(C)=C1CNC1. The van der Waals surface area contributed by atoms with E-state index in [1.165, 1.54) is 16.0 Å². The van der Waals surface area contributed by atoms with Gasteiger partial charge in [-0.2, -0.15) is 0 Å². The van der Waals surface area contributed by atoms with Gasteiger partial charge in [-0.25, -0.2) is 0 Å². The van der Waals surface area contributed by atoms with Gasteiger partial charge in [-0.05, 0) is 42.3 Å². The van der Waals surface area contributed by atoms with Gasteiger partial charge in [-0.1, -0.05) is 6.92 Å². The van der Waals surface area contributed by atoms with Crippen LogP contribution in [0.4, 0.5) is 0 Å². The number of nitrogens with one attached hydrogen (secondary N) is 1. The first-order valence-electron chi connectivity index (χ1n) is 6.99. The largest absolute Gasteiger partial charge is 0.332 e. The molecular formula is C15H20N2OS. The molecule has 4 heteroatoms. The maximum atomic E-state index is 12.7. The zero-order valence-corrected chi connectivity index (χ0v) is 12.3. The quantitative estimate of drug-likeness (QED) is 0.842. The molecular weight excluding hydrogens is 256 g/mol. The molecule has 0 bridgehead atoms. The molecule has 1 saturated heterocycles. The molecule has 0 aliphatic carbocycles. The van der Waals surface area contributed by atoms with Gasteiger partial charge in [-0.15, -0.1) is 11.3 Å². The fourth-order valence-electron chi connectivity index (χ4n) is 2.96. The number of fused-ring (bicyclic) bond motifs is 1. The zero-order chi connectivity index (χ0) is 13.4. The maximum absolute atomic E-state index is 12.7. The summed E-state index contributed by atoms with van der Waals surface area (Å²) in [4.78, 5) is 16.2. The molecule has 2 aliphatic rings. The van der Waals surface area contributed by atoms with E-state index in [0.29, 0.717) is 0 Å². The Labute approximate surface area is 118 Å². The van der Waals surface area contributed by atoms with Crippen LogP contribution in [0.25, 0.3) is 0 Å². The van der Waals surface area contributed by atoms with Crippen molar-refractivity contribution in [3.05, 3.63) is 33.0 Å². The van der Waals surface area contributed by atoms with Crippen molar-refractivity contribution >= 4 is 17.2 Å². The molecule has 3 heterocycles. The van der Waals surface area contributed by atoms with Crippen LogP contribution in [0.15, 0.2) is 22.6 Å². The first kappa shape index (κ1) is 12.9. The summed E-state index contributed by atoms with van der Waals surface area (Å²) in [5.41, 5.74) is 3.60. The predicted molar refractivity (Wildman–Crippen MR) is 78.3 cm³/mol. The Bertz CT molecular complexity index is 526. The highest BCUT2D eigenvalue weighted by molar-refractivity contribution is 7.10. The van der Waals surface area contributed by atoms with Crippen LogP contribution >= 0.6 is 11.3 Å². The van der Waals surface area contributed by atoms with Crippen molar-refractivity contribution in [1.29, 1.82) is 0 Å². The third kappa shape index (κ3) is 2.13. The minimum absolute atomic E-state index is 0.236. The lowest BCUT2D eigenvalue weighted by molar-refractivity contribution is -0.130. The van der Waals surface area contributed by atoms with E-state index in [2.05, 4.69) is 28.6 Å². The van der Waals surface area contributed by atoms with Crippen molar-refractivity contribution in [2.45, 2.75) is 32.7 Å². The number of thiophene rings is 1. The van der Waals surface area contributed by atoms with Crippen molar-refractivity contribution in [1.82, 2.24) is 10.2 Å². The zero-order valence-electron chi connectivity index (χ0n) is 11.5. The Balaban J connectivity index is 1.87. The monoisotopic (exact) mass is 276 g/mol. The summed E-state index contributed by atoms with van der Waals surface area (Å²) in [5.74, 6) is 0.236. The van der Waals surface area contributed by atoms with Crippen molar-refractivity contribution in [3.63, 3.8) is 0 Å². The summed E-state index contributed by atoms with van der Waals surface area (Å²) in [7, 11) is 0. The van der Waals surface area contributed by atoms with Gasteiger partial charge in [0.15, 0.2) is 0 Å². The van der Waals surface area contributed by atoms with E-state index >= 15 is 0 Å². The van der Waals surface area contributed by atoms with E-state index in [1.807, 2.05) is 18.3 Å².